The maximum Gasteiger partial charge on any atom is 0.164 e. The fraction of sp³-hybridized carbons (Fsp3) is 0.333. The molecule has 0 heterocycles. The van der Waals surface area contributed by atoms with E-state index in [0.717, 1.165) is 17.1 Å². The van der Waals surface area contributed by atoms with E-state index in [4.69, 9.17) is 9.47 Å². The second-order valence-corrected chi connectivity index (χ2v) is 4.39. The Morgan fingerprint density at radius 3 is 2.06 bits per heavy atom. The molecule has 0 saturated heterocycles. The van der Waals surface area contributed by atoms with Crippen LogP contribution in [0.1, 0.15) is 16.7 Å². The van der Waals surface area contributed by atoms with Gasteiger partial charge in [-0.05, 0) is 48.7 Å². The van der Waals surface area contributed by atoms with Crippen LogP contribution in [0.2, 0.25) is 0 Å². The fourth-order valence-corrected chi connectivity index (χ4v) is 2.20. The van der Waals surface area contributed by atoms with Gasteiger partial charge in [-0.25, -0.2) is 0 Å². The molecular weight excluding hydrogens is 212 g/mol. The van der Waals surface area contributed by atoms with Crippen LogP contribution in [0.15, 0.2) is 18.2 Å². The minimum atomic E-state index is 0.792. The molecule has 0 bridgehead atoms. The van der Waals surface area contributed by atoms with E-state index < -0.39 is 0 Å². The number of methoxy groups -OCH3 is 2. The zero-order valence-electron chi connectivity index (χ0n) is 11.0. The SMILES string of the molecule is COc1cc2cc(C)c(C)cc2c(C)c1OC. The second-order valence-electron chi connectivity index (χ2n) is 4.39. The van der Waals surface area contributed by atoms with Crippen molar-refractivity contribution in [1.29, 1.82) is 0 Å². The first-order valence-corrected chi connectivity index (χ1v) is 5.71. The Morgan fingerprint density at radius 1 is 0.824 bits per heavy atom. The maximum absolute atomic E-state index is 5.42. The van der Waals surface area contributed by atoms with E-state index in [1.165, 1.54) is 21.9 Å². The topological polar surface area (TPSA) is 18.5 Å². The summed E-state index contributed by atoms with van der Waals surface area (Å²) in [5.74, 6) is 1.61. The Morgan fingerprint density at radius 2 is 1.47 bits per heavy atom. The largest absolute Gasteiger partial charge is 0.493 e. The van der Waals surface area contributed by atoms with Gasteiger partial charge in [0.2, 0.25) is 0 Å². The van der Waals surface area contributed by atoms with Crippen LogP contribution in [-0.4, -0.2) is 14.2 Å². The third-order valence-corrected chi connectivity index (χ3v) is 3.34. The van der Waals surface area contributed by atoms with E-state index in [0.29, 0.717) is 0 Å². The van der Waals surface area contributed by atoms with Crippen molar-refractivity contribution >= 4 is 10.8 Å². The predicted molar refractivity (Wildman–Crippen MR) is 71.3 cm³/mol. The van der Waals surface area contributed by atoms with Crippen molar-refractivity contribution in [2.75, 3.05) is 14.2 Å². The van der Waals surface area contributed by atoms with Crippen LogP contribution >= 0.6 is 0 Å². The molecule has 0 atom stereocenters. The molecule has 2 rings (SSSR count). The highest BCUT2D eigenvalue weighted by Crippen LogP contribution is 2.37. The van der Waals surface area contributed by atoms with Gasteiger partial charge >= 0.3 is 0 Å². The molecule has 90 valence electrons. The molecule has 2 nitrogen and oxygen atoms in total. The first-order chi connectivity index (χ1) is 8.08. The Hall–Kier alpha value is -1.70. The van der Waals surface area contributed by atoms with Gasteiger partial charge in [-0.2, -0.15) is 0 Å². The van der Waals surface area contributed by atoms with E-state index in [1.807, 2.05) is 6.07 Å². The third kappa shape index (κ3) is 1.84. The van der Waals surface area contributed by atoms with Crippen LogP contribution in [0.5, 0.6) is 11.5 Å². The van der Waals surface area contributed by atoms with Gasteiger partial charge in [0.1, 0.15) is 0 Å². The average molecular weight is 230 g/mol. The summed E-state index contributed by atoms with van der Waals surface area (Å²) >= 11 is 0. The molecule has 17 heavy (non-hydrogen) atoms. The Kier molecular flexibility index (Phi) is 2.97. The molecule has 2 heteroatoms. The third-order valence-electron chi connectivity index (χ3n) is 3.34. The standard InChI is InChI=1S/C15H18O2/c1-9-6-12-8-14(16-4)15(17-5)11(3)13(12)7-10(9)2/h6-8H,1-5H3. The fourth-order valence-electron chi connectivity index (χ4n) is 2.20. The van der Waals surface area contributed by atoms with Crippen LogP contribution < -0.4 is 9.47 Å². The van der Waals surface area contributed by atoms with Crippen LogP contribution in [0.25, 0.3) is 10.8 Å². The lowest BCUT2D eigenvalue weighted by Gasteiger charge is -2.14. The molecule has 0 N–H and O–H groups in total. The zero-order chi connectivity index (χ0) is 12.6. The Balaban J connectivity index is 2.85. The molecule has 2 aromatic rings. The van der Waals surface area contributed by atoms with Crippen molar-refractivity contribution in [2.45, 2.75) is 20.8 Å². The first-order valence-electron chi connectivity index (χ1n) is 5.71. The van der Waals surface area contributed by atoms with Gasteiger partial charge in [0, 0.05) is 5.56 Å². The van der Waals surface area contributed by atoms with Gasteiger partial charge in [0.15, 0.2) is 11.5 Å². The molecule has 2 aromatic carbocycles. The van der Waals surface area contributed by atoms with Crippen molar-refractivity contribution in [1.82, 2.24) is 0 Å². The summed E-state index contributed by atoms with van der Waals surface area (Å²) in [5, 5.41) is 2.43. The van der Waals surface area contributed by atoms with Gasteiger partial charge in [0.05, 0.1) is 14.2 Å². The van der Waals surface area contributed by atoms with Crippen LogP contribution in [0.4, 0.5) is 0 Å². The molecule has 0 aromatic heterocycles. The van der Waals surface area contributed by atoms with Gasteiger partial charge in [0.25, 0.3) is 0 Å². The first kappa shape index (κ1) is 11.8. The number of ether oxygens (including phenoxy) is 2. The number of hydrogen-bond donors (Lipinski definition) is 0. The van der Waals surface area contributed by atoms with Crippen molar-refractivity contribution in [3.63, 3.8) is 0 Å². The summed E-state index contributed by atoms with van der Waals surface area (Å²) < 4.78 is 10.8. The highest BCUT2D eigenvalue weighted by molar-refractivity contribution is 5.91. The van der Waals surface area contributed by atoms with Crippen LogP contribution in [0, 0.1) is 20.8 Å². The number of fused-ring (bicyclic) bond motifs is 1. The summed E-state index contributed by atoms with van der Waals surface area (Å²) in [7, 11) is 3.35. The number of benzene rings is 2. The van der Waals surface area contributed by atoms with Crippen LogP contribution in [-0.2, 0) is 0 Å². The van der Waals surface area contributed by atoms with E-state index in [1.54, 1.807) is 14.2 Å². The van der Waals surface area contributed by atoms with Gasteiger partial charge in [-0.15, -0.1) is 0 Å². The molecule has 0 amide bonds. The lowest BCUT2D eigenvalue weighted by atomic mass is 9.98. The molecule has 0 saturated carbocycles. The summed E-state index contributed by atoms with van der Waals surface area (Å²) in [6.07, 6.45) is 0. The molecule has 0 aliphatic carbocycles. The summed E-state index contributed by atoms with van der Waals surface area (Å²) in [4.78, 5) is 0. The van der Waals surface area contributed by atoms with Crippen molar-refractivity contribution < 1.29 is 9.47 Å². The molecule has 0 unspecified atom stereocenters. The van der Waals surface area contributed by atoms with E-state index in [-0.39, 0.29) is 0 Å². The quantitative estimate of drug-likeness (QED) is 0.781. The average Bonchev–Trinajstić information content (AvgIpc) is 2.31. The summed E-state index contributed by atoms with van der Waals surface area (Å²) in [5.41, 5.74) is 3.72. The minimum Gasteiger partial charge on any atom is -0.493 e. The lowest BCUT2D eigenvalue weighted by molar-refractivity contribution is 0.354. The monoisotopic (exact) mass is 230 g/mol. The minimum absolute atomic E-state index is 0.792. The van der Waals surface area contributed by atoms with E-state index in [2.05, 4.69) is 32.9 Å². The molecular formula is C15H18O2. The number of hydrogen-bond acceptors (Lipinski definition) is 2. The number of aryl methyl sites for hydroxylation is 3. The van der Waals surface area contributed by atoms with Crippen molar-refractivity contribution in [2.24, 2.45) is 0 Å². The predicted octanol–water partition coefficient (Wildman–Crippen LogP) is 3.78. The van der Waals surface area contributed by atoms with E-state index in [9.17, 15) is 0 Å². The van der Waals surface area contributed by atoms with E-state index >= 15 is 0 Å². The molecule has 0 radical (unpaired) electrons. The molecule has 0 spiro atoms. The summed E-state index contributed by atoms with van der Waals surface area (Å²) in [6, 6.07) is 6.44. The maximum atomic E-state index is 5.42. The lowest BCUT2D eigenvalue weighted by Crippen LogP contribution is -1.95. The zero-order valence-corrected chi connectivity index (χ0v) is 11.0. The molecule has 0 aliphatic rings. The van der Waals surface area contributed by atoms with Gasteiger partial charge < -0.3 is 9.47 Å². The van der Waals surface area contributed by atoms with Crippen molar-refractivity contribution in [3.8, 4) is 11.5 Å². The van der Waals surface area contributed by atoms with Crippen molar-refractivity contribution in [3.05, 3.63) is 34.9 Å². The van der Waals surface area contributed by atoms with Crippen LogP contribution in [0.3, 0.4) is 0 Å². The molecule has 0 fully saturated rings. The Labute approximate surface area is 102 Å². The summed E-state index contributed by atoms with van der Waals surface area (Å²) in [6.45, 7) is 6.32. The molecule has 0 aliphatic heterocycles. The Bertz CT molecular complexity index is 571. The highest BCUT2D eigenvalue weighted by atomic mass is 16.5. The number of rotatable bonds is 2. The smallest absolute Gasteiger partial charge is 0.164 e. The highest BCUT2D eigenvalue weighted by Gasteiger charge is 2.12. The second kappa shape index (κ2) is 4.28. The normalized spacial score (nSPS) is 10.6. The van der Waals surface area contributed by atoms with Gasteiger partial charge in [-0.1, -0.05) is 12.1 Å². The van der Waals surface area contributed by atoms with Gasteiger partial charge in [-0.3, -0.25) is 0 Å².